The number of ether oxygens (including phenoxy) is 1. The summed E-state index contributed by atoms with van der Waals surface area (Å²) in [5.74, 6) is 0.351. The summed E-state index contributed by atoms with van der Waals surface area (Å²) in [6.07, 6.45) is -0.0738. The molecule has 104 valence electrons. The first-order valence-corrected chi connectivity index (χ1v) is 6.84. The van der Waals surface area contributed by atoms with Gasteiger partial charge in [-0.3, -0.25) is 0 Å². The molecule has 0 saturated carbocycles. The zero-order valence-electron chi connectivity index (χ0n) is 11.6. The van der Waals surface area contributed by atoms with E-state index in [9.17, 15) is 10.2 Å². The van der Waals surface area contributed by atoms with E-state index in [1.54, 1.807) is 12.1 Å². The first kappa shape index (κ1) is 13.0. The lowest BCUT2D eigenvalue weighted by Gasteiger charge is -2.12. The van der Waals surface area contributed by atoms with Crippen molar-refractivity contribution in [2.75, 3.05) is 0 Å². The Morgan fingerprint density at radius 3 is 2.00 bits per heavy atom. The van der Waals surface area contributed by atoms with Crippen molar-refractivity contribution in [2.24, 2.45) is 0 Å². The molecule has 0 radical (unpaired) electrons. The van der Waals surface area contributed by atoms with Gasteiger partial charge in [0.05, 0.1) is 0 Å². The van der Waals surface area contributed by atoms with Crippen molar-refractivity contribution in [3.05, 3.63) is 59.2 Å². The molecule has 2 aromatic carbocycles. The Bertz CT molecular complexity index is 596. The molecule has 0 spiro atoms. The average molecular weight is 270 g/mol. The van der Waals surface area contributed by atoms with Crippen LogP contribution in [0.2, 0.25) is 0 Å². The maximum atomic E-state index is 10.1. The van der Waals surface area contributed by atoms with Gasteiger partial charge in [-0.15, -0.1) is 0 Å². The van der Waals surface area contributed by atoms with E-state index in [1.165, 1.54) is 0 Å². The second-order valence-electron chi connectivity index (χ2n) is 5.52. The van der Waals surface area contributed by atoms with Crippen LogP contribution in [0.25, 0.3) is 0 Å². The van der Waals surface area contributed by atoms with Crippen LogP contribution < -0.4 is 0 Å². The van der Waals surface area contributed by atoms with Gasteiger partial charge in [-0.1, -0.05) is 44.2 Å². The summed E-state index contributed by atoms with van der Waals surface area (Å²) in [4.78, 5) is 0. The second-order valence-corrected chi connectivity index (χ2v) is 5.52. The summed E-state index contributed by atoms with van der Waals surface area (Å²) >= 11 is 0. The van der Waals surface area contributed by atoms with Gasteiger partial charge < -0.3 is 14.9 Å². The van der Waals surface area contributed by atoms with Crippen molar-refractivity contribution in [3.8, 4) is 11.5 Å². The molecule has 0 unspecified atom stereocenters. The van der Waals surface area contributed by atoms with Crippen LogP contribution in [0.4, 0.5) is 0 Å². The Morgan fingerprint density at radius 1 is 0.900 bits per heavy atom. The normalized spacial score (nSPS) is 21.1. The van der Waals surface area contributed by atoms with Crippen LogP contribution in [-0.2, 0) is 4.74 Å². The molecular weight excluding hydrogens is 252 g/mol. The molecule has 0 amide bonds. The van der Waals surface area contributed by atoms with E-state index in [-0.39, 0.29) is 29.6 Å². The predicted octanol–water partition coefficient (Wildman–Crippen LogP) is 4.03. The molecule has 1 saturated heterocycles. The number of aromatic hydroxyl groups is 2. The van der Waals surface area contributed by atoms with Gasteiger partial charge in [-0.05, 0) is 29.2 Å². The number of hydrogen-bond donors (Lipinski definition) is 2. The second kappa shape index (κ2) is 4.84. The molecule has 3 heteroatoms. The standard InChI is InChI=1S/C17H18O3/c1-10(2)15-13(18)8-12(9-14(15)19)17-16(20-17)11-6-4-3-5-7-11/h3-10,16-19H,1-2H3/t16-,17+/m1/s1. The number of phenols is 2. The fourth-order valence-electron chi connectivity index (χ4n) is 2.66. The van der Waals surface area contributed by atoms with Crippen molar-refractivity contribution in [3.63, 3.8) is 0 Å². The Hall–Kier alpha value is -2.00. The van der Waals surface area contributed by atoms with Gasteiger partial charge in [0.25, 0.3) is 0 Å². The minimum absolute atomic E-state index is 0.0138. The first-order chi connectivity index (χ1) is 9.58. The molecule has 1 aliphatic heterocycles. The topological polar surface area (TPSA) is 53.0 Å². The quantitative estimate of drug-likeness (QED) is 0.828. The monoisotopic (exact) mass is 270 g/mol. The maximum Gasteiger partial charge on any atom is 0.123 e. The van der Waals surface area contributed by atoms with E-state index in [0.717, 1.165) is 11.1 Å². The third-order valence-electron chi connectivity index (χ3n) is 3.68. The van der Waals surface area contributed by atoms with Crippen LogP contribution >= 0.6 is 0 Å². The lowest BCUT2D eigenvalue weighted by Crippen LogP contribution is -1.92. The molecule has 3 rings (SSSR count). The van der Waals surface area contributed by atoms with Crippen LogP contribution in [-0.4, -0.2) is 10.2 Å². The zero-order chi connectivity index (χ0) is 14.3. The highest BCUT2D eigenvalue weighted by atomic mass is 16.6. The summed E-state index contributed by atoms with van der Waals surface area (Å²) in [7, 11) is 0. The Kier molecular flexibility index (Phi) is 3.14. The number of phenolic OH excluding ortho intramolecular Hbond substituents is 2. The molecule has 1 heterocycles. The highest BCUT2D eigenvalue weighted by Gasteiger charge is 2.42. The number of epoxide rings is 1. The van der Waals surface area contributed by atoms with Gasteiger partial charge >= 0.3 is 0 Å². The Labute approximate surface area is 118 Å². The summed E-state index contributed by atoms with van der Waals surface area (Å²) in [6.45, 7) is 3.88. The van der Waals surface area contributed by atoms with E-state index in [4.69, 9.17) is 4.74 Å². The maximum absolute atomic E-state index is 10.1. The van der Waals surface area contributed by atoms with Crippen LogP contribution in [0.1, 0.15) is 48.7 Å². The highest BCUT2D eigenvalue weighted by molar-refractivity contribution is 5.50. The molecule has 2 atom stereocenters. The smallest absolute Gasteiger partial charge is 0.123 e. The van der Waals surface area contributed by atoms with E-state index >= 15 is 0 Å². The van der Waals surface area contributed by atoms with Crippen LogP contribution in [0.5, 0.6) is 11.5 Å². The van der Waals surface area contributed by atoms with Crippen molar-refractivity contribution < 1.29 is 14.9 Å². The van der Waals surface area contributed by atoms with Crippen molar-refractivity contribution in [1.29, 1.82) is 0 Å². The van der Waals surface area contributed by atoms with Gasteiger partial charge in [-0.2, -0.15) is 0 Å². The fraction of sp³-hybridized carbons (Fsp3) is 0.294. The summed E-state index contributed by atoms with van der Waals surface area (Å²) < 4.78 is 5.68. The summed E-state index contributed by atoms with van der Waals surface area (Å²) in [6, 6.07) is 13.4. The summed E-state index contributed by atoms with van der Waals surface area (Å²) in [5, 5.41) is 20.1. The molecule has 3 nitrogen and oxygen atoms in total. The number of hydrogen-bond acceptors (Lipinski definition) is 3. The van der Waals surface area contributed by atoms with Gasteiger partial charge in [-0.25, -0.2) is 0 Å². The number of benzene rings is 2. The summed E-state index contributed by atoms with van der Waals surface area (Å²) in [5.41, 5.74) is 2.52. The third kappa shape index (κ3) is 2.25. The molecule has 0 aromatic heterocycles. The predicted molar refractivity (Wildman–Crippen MR) is 76.9 cm³/mol. The van der Waals surface area contributed by atoms with Crippen molar-refractivity contribution >= 4 is 0 Å². The van der Waals surface area contributed by atoms with Crippen molar-refractivity contribution in [2.45, 2.75) is 32.0 Å². The SMILES string of the molecule is CC(C)c1c(O)cc([C@@H]2O[C@@H]2c2ccccc2)cc1O. The Balaban J connectivity index is 1.87. The third-order valence-corrected chi connectivity index (χ3v) is 3.68. The molecule has 1 aliphatic rings. The highest BCUT2D eigenvalue weighted by Crippen LogP contribution is 2.52. The first-order valence-electron chi connectivity index (χ1n) is 6.84. The molecule has 0 bridgehead atoms. The molecular formula is C17H18O3. The van der Waals surface area contributed by atoms with E-state index in [2.05, 4.69) is 0 Å². The van der Waals surface area contributed by atoms with Crippen molar-refractivity contribution in [1.82, 2.24) is 0 Å². The van der Waals surface area contributed by atoms with E-state index in [0.29, 0.717) is 5.56 Å². The zero-order valence-corrected chi connectivity index (χ0v) is 11.6. The molecule has 20 heavy (non-hydrogen) atoms. The van der Waals surface area contributed by atoms with Gasteiger partial charge in [0.15, 0.2) is 0 Å². The number of rotatable bonds is 3. The fourth-order valence-corrected chi connectivity index (χ4v) is 2.66. The van der Waals surface area contributed by atoms with Gasteiger partial charge in [0, 0.05) is 5.56 Å². The van der Waals surface area contributed by atoms with Gasteiger partial charge in [0.1, 0.15) is 23.7 Å². The average Bonchev–Trinajstić information content (AvgIpc) is 3.18. The molecule has 1 fully saturated rings. The van der Waals surface area contributed by atoms with E-state index < -0.39 is 0 Å². The molecule has 2 N–H and O–H groups in total. The van der Waals surface area contributed by atoms with E-state index in [1.807, 2.05) is 44.2 Å². The largest absolute Gasteiger partial charge is 0.508 e. The van der Waals surface area contributed by atoms with Gasteiger partial charge in [0.2, 0.25) is 0 Å². The van der Waals surface area contributed by atoms with Crippen LogP contribution in [0.15, 0.2) is 42.5 Å². The molecule has 2 aromatic rings. The minimum atomic E-state index is -0.0876. The van der Waals surface area contributed by atoms with Crippen LogP contribution in [0.3, 0.4) is 0 Å². The Morgan fingerprint density at radius 2 is 1.45 bits per heavy atom. The molecule has 0 aliphatic carbocycles. The minimum Gasteiger partial charge on any atom is -0.508 e. The lowest BCUT2D eigenvalue weighted by molar-refractivity contribution is 0.375. The van der Waals surface area contributed by atoms with Crippen LogP contribution in [0, 0.1) is 0 Å². The lowest BCUT2D eigenvalue weighted by atomic mass is 9.96.